The zero-order valence-electron chi connectivity index (χ0n) is 12.6. The van der Waals surface area contributed by atoms with Crippen molar-refractivity contribution in [1.29, 1.82) is 0 Å². The van der Waals surface area contributed by atoms with E-state index in [0.717, 1.165) is 35.0 Å². The molecule has 1 heterocycles. The van der Waals surface area contributed by atoms with Gasteiger partial charge in [0.05, 0.1) is 17.3 Å². The number of ether oxygens (including phenoxy) is 1. The molecule has 2 N–H and O–H groups in total. The molecule has 0 aliphatic carbocycles. The summed E-state index contributed by atoms with van der Waals surface area (Å²) in [4.78, 5) is 0. The molecular weight excluding hydrogens is 330 g/mol. The minimum atomic E-state index is 0.167. The van der Waals surface area contributed by atoms with Crippen LogP contribution in [0.25, 0.3) is 0 Å². The van der Waals surface area contributed by atoms with Crippen molar-refractivity contribution in [2.75, 3.05) is 6.61 Å². The summed E-state index contributed by atoms with van der Waals surface area (Å²) in [6.07, 6.45) is 6.52. The maximum Gasteiger partial charge on any atom is 0.136 e. The van der Waals surface area contributed by atoms with Gasteiger partial charge in [-0.15, -0.1) is 0 Å². The number of hydrogen-bond donors (Lipinski definition) is 1. The summed E-state index contributed by atoms with van der Waals surface area (Å²) < 4.78 is 8.77. The van der Waals surface area contributed by atoms with E-state index in [1.165, 1.54) is 5.56 Å². The van der Waals surface area contributed by atoms with Gasteiger partial charge in [-0.3, -0.25) is 4.68 Å². The first-order chi connectivity index (χ1) is 10.1. The van der Waals surface area contributed by atoms with E-state index in [-0.39, 0.29) is 6.04 Å². The first kappa shape index (κ1) is 16.0. The van der Waals surface area contributed by atoms with Crippen LogP contribution in [0.15, 0.2) is 35.1 Å². The predicted molar refractivity (Wildman–Crippen MR) is 88.5 cm³/mol. The predicted octanol–water partition coefficient (Wildman–Crippen LogP) is 3.08. The Bertz CT molecular complexity index is 583. The normalized spacial score (nSPS) is 12.4. The Morgan fingerprint density at radius 1 is 1.43 bits per heavy atom. The van der Waals surface area contributed by atoms with Crippen LogP contribution in [0.2, 0.25) is 0 Å². The minimum Gasteiger partial charge on any atom is -0.492 e. The van der Waals surface area contributed by atoms with E-state index in [4.69, 9.17) is 10.5 Å². The zero-order valence-corrected chi connectivity index (χ0v) is 14.1. The largest absolute Gasteiger partial charge is 0.492 e. The molecule has 4 nitrogen and oxygen atoms in total. The van der Waals surface area contributed by atoms with Crippen LogP contribution in [-0.2, 0) is 19.9 Å². The second-order valence-corrected chi connectivity index (χ2v) is 6.08. The van der Waals surface area contributed by atoms with Gasteiger partial charge in [-0.05, 0) is 46.0 Å². The van der Waals surface area contributed by atoms with Gasteiger partial charge in [-0.2, -0.15) is 5.10 Å². The van der Waals surface area contributed by atoms with Crippen molar-refractivity contribution in [2.24, 2.45) is 12.8 Å². The third kappa shape index (κ3) is 4.58. The van der Waals surface area contributed by atoms with Crippen LogP contribution in [0.3, 0.4) is 0 Å². The molecule has 0 saturated heterocycles. The summed E-state index contributed by atoms with van der Waals surface area (Å²) in [5.41, 5.74) is 8.40. The number of para-hydroxylation sites is 1. The molecule has 0 radical (unpaired) electrons. The van der Waals surface area contributed by atoms with E-state index < -0.39 is 0 Å². The van der Waals surface area contributed by atoms with Gasteiger partial charge in [0.1, 0.15) is 5.75 Å². The van der Waals surface area contributed by atoms with Gasteiger partial charge in [0, 0.05) is 25.7 Å². The number of hydrogen-bond acceptors (Lipinski definition) is 3. The second-order valence-electron chi connectivity index (χ2n) is 5.22. The summed E-state index contributed by atoms with van der Waals surface area (Å²) in [7, 11) is 1.92. The fraction of sp³-hybridized carbons (Fsp3) is 0.438. The molecule has 0 aliphatic heterocycles. The van der Waals surface area contributed by atoms with Gasteiger partial charge < -0.3 is 10.5 Å². The van der Waals surface area contributed by atoms with E-state index in [1.54, 1.807) is 4.68 Å². The molecule has 21 heavy (non-hydrogen) atoms. The van der Waals surface area contributed by atoms with E-state index in [2.05, 4.69) is 34.0 Å². The zero-order chi connectivity index (χ0) is 15.2. The summed E-state index contributed by atoms with van der Waals surface area (Å²) >= 11 is 3.57. The Morgan fingerprint density at radius 2 is 2.24 bits per heavy atom. The summed E-state index contributed by atoms with van der Waals surface area (Å²) in [5, 5.41) is 4.16. The highest BCUT2D eigenvalue weighted by atomic mass is 79.9. The number of nitrogens with two attached hydrogens (primary N) is 1. The Labute approximate surface area is 134 Å². The van der Waals surface area contributed by atoms with Crippen LogP contribution in [0.4, 0.5) is 0 Å². The number of halogens is 1. The highest BCUT2D eigenvalue weighted by Gasteiger charge is 2.11. The molecule has 1 unspecified atom stereocenters. The summed E-state index contributed by atoms with van der Waals surface area (Å²) in [6, 6.07) is 6.27. The molecular formula is C16H22BrN3O. The van der Waals surface area contributed by atoms with Gasteiger partial charge in [0.25, 0.3) is 0 Å². The lowest BCUT2D eigenvalue weighted by Crippen LogP contribution is -2.22. The minimum absolute atomic E-state index is 0.167. The fourth-order valence-corrected chi connectivity index (χ4v) is 2.70. The van der Waals surface area contributed by atoms with Gasteiger partial charge >= 0.3 is 0 Å². The smallest absolute Gasteiger partial charge is 0.136 e. The Morgan fingerprint density at radius 3 is 2.90 bits per heavy atom. The SMILES string of the molecule is CCC(N)Cc1cccc(Br)c1OCCc1cnn(C)c1. The second kappa shape index (κ2) is 7.61. The maximum atomic E-state index is 6.06. The van der Waals surface area contributed by atoms with Crippen LogP contribution >= 0.6 is 15.9 Å². The molecule has 1 aromatic heterocycles. The topological polar surface area (TPSA) is 53.1 Å². The molecule has 114 valence electrons. The van der Waals surface area contributed by atoms with E-state index >= 15 is 0 Å². The Kier molecular flexibility index (Phi) is 5.82. The van der Waals surface area contributed by atoms with Gasteiger partial charge in [0.2, 0.25) is 0 Å². The van der Waals surface area contributed by atoms with Crippen LogP contribution in [-0.4, -0.2) is 22.4 Å². The molecule has 1 aromatic carbocycles. The van der Waals surface area contributed by atoms with E-state index in [9.17, 15) is 0 Å². The van der Waals surface area contributed by atoms with Crippen molar-refractivity contribution in [3.8, 4) is 5.75 Å². The fourth-order valence-electron chi connectivity index (χ4n) is 2.17. The maximum absolute atomic E-state index is 6.06. The molecule has 0 bridgehead atoms. The van der Waals surface area contributed by atoms with Gasteiger partial charge in [-0.1, -0.05) is 19.1 Å². The molecule has 0 amide bonds. The number of rotatable bonds is 7. The molecule has 0 aliphatic rings. The Hall–Kier alpha value is -1.33. The van der Waals surface area contributed by atoms with Crippen molar-refractivity contribution in [1.82, 2.24) is 9.78 Å². The molecule has 2 aromatic rings. The average Bonchev–Trinajstić information content (AvgIpc) is 2.87. The van der Waals surface area contributed by atoms with Crippen molar-refractivity contribution < 1.29 is 4.74 Å². The molecule has 0 saturated carbocycles. The summed E-state index contributed by atoms with van der Waals surface area (Å²) in [5.74, 6) is 0.908. The van der Waals surface area contributed by atoms with Crippen LogP contribution < -0.4 is 10.5 Å². The van der Waals surface area contributed by atoms with Crippen molar-refractivity contribution in [2.45, 2.75) is 32.2 Å². The lowest BCUT2D eigenvalue weighted by Gasteiger charge is -2.15. The molecule has 5 heteroatoms. The summed E-state index contributed by atoms with van der Waals surface area (Å²) in [6.45, 7) is 2.73. The third-order valence-electron chi connectivity index (χ3n) is 3.45. The average molecular weight is 352 g/mol. The number of benzene rings is 1. The van der Waals surface area contributed by atoms with Crippen molar-refractivity contribution in [3.63, 3.8) is 0 Å². The number of aromatic nitrogens is 2. The highest BCUT2D eigenvalue weighted by Crippen LogP contribution is 2.30. The van der Waals surface area contributed by atoms with Crippen LogP contribution in [0, 0.1) is 0 Å². The standard InChI is InChI=1S/C16H22BrN3O/c1-3-14(18)9-13-5-4-6-15(17)16(13)21-8-7-12-10-19-20(2)11-12/h4-6,10-11,14H,3,7-9,18H2,1-2H3. The molecule has 0 fully saturated rings. The lowest BCUT2D eigenvalue weighted by molar-refractivity contribution is 0.315. The lowest BCUT2D eigenvalue weighted by atomic mass is 10.0. The monoisotopic (exact) mass is 351 g/mol. The van der Waals surface area contributed by atoms with Crippen LogP contribution in [0.1, 0.15) is 24.5 Å². The van der Waals surface area contributed by atoms with E-state index in [1.807, 2.05) is 31.6 Å². The Balaban J connectivity index is 2.01. The molecule has 0 spiro atoms. The van der Waals surface area contributed by atoms with Gasteiger partial charge in [-0.25, -0.2) is 0 Å². The molecule has 1 atom stereocenters. The third-order valence-corrected chi connectivity index (χ3v) is 4.07. The van der Waals surface area contributed by atoms with E-state index in [0.29, 0.717) is 6.61 Å². The quantitative estimate of drug-likeness (QED) is 0.833. The first-order valence-corrected chi connectivity index (χ1v) is 8.02. The van der Waals surface area contributed by atoms with Crippen molar-refractivity contribution >= 4 is 15.9 Å². The number of nitrogens with zero attached hydrogens (tertiary/aromatic N) is 2. The first-order valence-electron chi connectivity index (χ1n) is 7.23. The number of aryl methyl sites for hydroxylation is 1. The van der Waals surface area contributed by atoms with Gasteiger partial charge in [0.15, 0.2) is 0 Å². The van der Waals surface area contributed by atoms with Crippen LogP contribution in [0.5, 0.6) is 5.75 Å². The van der Waals surface area contributed by atoms with Crippen molar-refractivity contribution in [3.05, 3.63) is 46.2 Å². The highest BCUT2D eigenvalue weighted by molar-refractivity contribution is 9.10. The molecule has 2 rings (SSSR count).